The van der Waals surface area contributed by atoms with Crippen molar-refractivity contribution < 1.29 is 42.1 Å². The Morgan fingerprint density at radius 3 is 1.05 bits per heavy atom. The fourth-order valence-corrected chi connectivity index (χ4v) is 10.3. The van der Waals surface area contributed by atoms with Gasteiger partial charge in [0.05, 0.1) is 27.7 Å². The molecule has 0 heterocycles. The van der Waals surface area contributed by atoms with Crippen molar-refractivity contribution in [2.24, 2.45) is 0 Å². The molecule has 0 aliphatic carbocycles. The van der Waals surface area contributed by atoms with Crippen molar-refractivity contribution in [1.29, 1.82) is 0 Å². The predicted octanol–water partition coefficient (Wildman–Crippen LogP) is 20.1. The van der Waals surface area contributed by atoms with Gasteiger partial charge in [-0.25, -0.2) is 0 Å². The first kappa shape index (κ1) is 74.2. The molecule has 0 amide bonds. The molecule has 0 saturated carbocycles. The number of ether oxygens (including phenoxy) is 2. The third kappa shape index (κ3) is 61.4. The molecule has 0 spiro atoms. The lowest BCUT2D eigenvalue weighted by Crippen LogP contribution is -2.37. The van der Waals surface area contributed by atoms with Crippen LogP contribution in [0.1, 0.15) is 322 Å². The van der Waals surface area contributed by atoms with Crippen molar-refractivity contribution in [3.05, 3.63) is 36.5 Å². The molecule has 2 unspecified atom stereocenters. The number of phosphoric ester groups is 1. The van der Waals surface area contributed by atoms with Crippen LogP contribution in [-0.2, 0) is 32.7 Å². The maximum Gasteiger partial charge on any atom is 0.306 e. The molecule has 0 saturated heterocycles. The number of likely N-dealkylation sites (N-methyl/N-ethyl adjacent to an activating group) is 1. The van der Waals surface area contributed by atoms with Crippen molar-refractivity contribution in [3.63, 3.8) is 0 Å². The number of phosphoric acid groups is 1. The second-order valence-electron chi connectivity index (χ2n) is 23.5. The minimum atomic E-state index is -4.64. The summed E-state index contributed by atoms with van der Waals surface area (Å²) in [5.41, 5.74) is 0. The van der Waals surface area contributed by atoms with Gasteiger partial charge in [0.15, 0.2) is 6.10 Å². The van der Waals surface area contributed by atoms with Crippen molar-refractivity contribution >= 4 is 19.8 Å². The summed E-state index contributed by atoms with van der Waals surface area (Å²) in [5, 5.41) is 0. The van der Waals surface area contributed by atoms with Crippen molar-refractivity contribution in [2.75, 3.05) is 47.5 Å². The Labute approximate surface area is 471 Å². The van der Waals surface area contributed by atoms with E-state index in [1.54, 1.807) is 0 Å². The van der Waals surface area contributed by atoms with E-state index in [0.29, 0.717) is 17.4 Å². The molecule has 448 valence electrons. The van der Waals surface area contributed by atoms with E-state index in [4.69, 9.17) is 18.5 Å². The Morgan fingerprint density at radius 1 is 0.408 bits per heavy atom. The van der Waals surface area contributed by atoms with Gasteiger partial charge in [-0.15, -0.1) is 0 Å². The van der Waals surface area contributed by atoms with E-state index in [0.717, 1.165) is 44.9 Å². The molecule has 0 fully saturated rings. The van der Waals surface area contributed by atoms with E-state index in [1.165, 1.54) is 244 Å². The van der Waals surface area contributed by atoms with E-state index >= 15 is 0 Å². The molecule has 0 aliphatic rings. The summed E-state index contributed by atoms with van der Waals surface area (Å²) in [6.45, 7) is 4.28. The van der Waals surface area contributed by atoms with Crippen LogP contribution in [0.15, 0.2) is 36.5 Å². The van der Waals surface area contributed by atoms with Gasteiger partial charge in [0.25, 0.3) is 7.82 Å². The third-order valence-corrected chi connectivity index (χ3v) is 15.6. The van der Waals surface area contributed by atoms with Gasteiger partial charge in [-0.05, 0) is 70.6 Å². The average Bonchev–Trinajstić information content (AvgIpc) is 3.38. The summed E-state index contributed by atoms with van der Waals surface area (Å²) in [5.74, 6) is -0.819. The summed E-state index contributed by atoms with van der Waals surface area (Å²) in [4.78, 5) is 38.0. The second-order valence-corrected chi connectivity index (χ2v) is 24.9. The quantitative estimate of drug-likeness (QED) is 0.0195. The van der Waals surface area contributed by atoms with Crippen LogP contribution in [0, 0.1) is 0 Å². The van der Waals surface area contributed by atoms with Crippen LogP contribution in [0.5, 0.6) is 0 Å². The molecule has 76 heavy (non-hydrogen) atoms. The van der Waals surface area contributed by atoms with Crippen molar-refractivity contribution in [3.8, 4) is 0 Å². The lowest BCUT2D eigenvalue weighted by Gasteiger charge is -2.28. The highest BCUT2D eigenvalue weighted by molar-refractivity contribution is 7.45. The van der Waals surface area contributed by atoms with E-state index in [2.05, 4.69) is 50.3 Å². The normalized spacial score (nSPS) is 13.4. The zero-order chi connectivity index (χ0) is 55.6. The first-order chi connectivity index (χ1) is 37.0. The summed E-state index contributed by atoms with van der Waals surface area (Å²) < 4.78 is 34.3. The molecule has 0 aliphatic heterocycles. The molecule has 0 aromatic rings. The number of carbonyl (C=O) groups is 2. The van der Waals surface area contributed by atoms with Gasteiger partial charge in [-0.3, -0.25) is 14.2 Å². The fraction of sp³-hybridized carbons (Fsp3) is 0.879. The molecule has 0 bridgehead atoms. The maximum atomic E-state index is 12.8. The minimum Gasteiger partial charge on any atom is -0.756 e. The lowest BCUT2D eigenvalue weighted by molar-refractivity contribution is -0.870. The predicted molar refractivity (Wildman–Crippen MR) is 324 cm³/mol. The highest BCUT2D eigenvalue weighted by Gasteiger charge is 2.22. The Hall–Kier alpha value is -1.77. The maximum absolute atomic E-state index is 12.8. The molecule has 2 atom stereocenters. The van der Waals surface area contributed by atoms with Crippen LogP contribution in [0.4, 0.5) is 0 Å². The number of hydrogen-bond acceptors (Lipinski definition) is 8. The molecular weight excluding hydrogens is 966 g/mol. The summed E-state index contributed by atoms with van der Waals surface area (Å²) >= 11 is 0. The van der Waals surface area contributed by atoms with E-state index in [1.807, 2.05) is 21.1 Å². The van der Waals surface area contributed by atoms with Gasteiger partial charge in [-0.1, -0.05) is 275 Å². The Morgan fingerprint density at radius 2 is 0.711 bits per heavy atom. The fourth-order valence-electron chi connectivity index (χ4n) is 9.57. The van der Waals surface area contributed by atoms with E-state index in [-0.39, 0.29) is 32.0 Å². The molecular formula is C66H126NO8P. The number of hydrogen-bond donors (Lipinski definition) is 0. The van der Waals surface area contributed by atoms with Gasteiger partial charge < -0.3 is 27.9 Å². The summed E-state index contributed by atoms with van der Waals surface area (Å²) in [6.07, 6.45) is 72.1. The van der Waals surface area contributed by atoms with Gasteiger partial charge in [0.1, 0.15) is 19.8 Å². The Bertz CT molecular complexity index is 1380. The van der Waals surface area contributed by atoms with Crippen LogP contribution in [-0.4, -0.2) is 70.0 Å². The highest BCUT2D eigenvalue weighted by Crippen LogP contribution is 2.38. The first-order valence-corrected chi connectivity index (χ1v) is 34.2. The van der Waals surface area contributed by atoms with Crippen LogP contribution < -0.4 is 4.89 Å². The average molecular weight is 1090 g/mol. The van der Waals surface area contributed by atoms with Gasteiger partial charge in [-0.2, -0.15) is 0 Å². The lowest BCUT2D eigenvalue weighted by atomic mass is 10.0. The minimum absolute atomic E-state index is 0.0295. The first-order valence-electron chi connectivity index (χ1n) is 32.7. The monoisotopic (exact) mass is 1090 g/mol. The zero-order valence-electron chi connectivity index (χ0n) is 51.0. The van der Waals surface area contributed by atoms with E-state index < -0.39 is 26.5 Å². The molecule has 9 nitrogen and oxygen atoms in total. The summed E-state index contributed by atoms with van der Waals surface area (Å²) in [7, 11) is 1.18. The van der Waals surface area contributed by atoms with Crippen LogP contribution in [0.3, 0.4) is 0 Å². The smallest absolute Gasteiger partial charge is 0.306 e. The summed E-state index contributed by atoms with van der Waals surface area (Å²) in [6, 6.07) is 0. The molecule has 0 aromatic heterocycles. The largest absolute Gasteiger partial charge is 0.756 e. The topological polar surface area (TPSA) is 111 Å². The van der Waals surface area contributed by atoms with Crippen molar-refractivity contribution in [2.45, 2.75) is 328 Å². The highest BCUT2D eigenvalue weighted by atomic mass is 31.2. The number of carbonyl (C=O) groups excluding carboxylic acids is 2. The van der Waals surface area contributed by atoms with Gasteiger partial charge in [0, 0.05) is 12.8 Å². The number of rotatable bonds is 61. The molecule has 10 heteroatoms. The number of quaternary nitrogens is 1. The van der Waals surface area contributed by atoms with E-state index in [9.17, 15) is 19.0 Å². The second kappa shape index (κ2) is 57.9. The number of allylic oxidation sites excluding steroid dienone is 6. The standard InChI is InChI=1S/C66H126NO8P/c1-6-8-10-12-14-16-18-20-22-24-26-28-30-31-32-33-34-35-37-38-40-42-44-46-48-50-52-54-56-58-65(68)72-62-64(63-74-76(70,71)73-61-60-67(3,4)5)75-66(69)59-57-55-53-51-49-47-45-43-41-39-36-29-27-25-23-21-19-17-15-13-11-9-7-2/h19,21,24-27,64H,6-18,20,22-23,28-63H2,1-5H3/b21-19-,26-24-,27-25-. The number of unbranched alkanes of at least 4 members (excludes halogenated alkanes) is 41. The Balaban J connectivity index is 4.05. The van der Waals surface area contributed by atoms with Crippen LogP contribution in [0.25, 0.3) is 0 Å². The van der Waals surface area contributed by atoms with Gasteiger partial charge in [0.2, 0.25) is 0 Å². The Kier molecular flexibility index (Phi) is 56.6. The van der Waals surface area contributed by atoms with Crippen molar-refractivity contribution in [1.82, 2.24) is 0 Å². The molecule has 0 radical (unpaired) electrons. The zero-order valence-corrected chi connectivity index (χ0v) is 51.9. The number of nitrogens with zero attached hydrogens (tertiary/aromatic N) is 1. The van der Waals surface area contributed by atoms with Gasteiger partial charge >= 0.3 is 11.9 Å². The molecule has 0 rings (SSSR count). The molecule has 0 N–H and O–H groups in total. The third-order valence-electron chi connectivity index (χ3n) is 14.6. The molecule has 0 aromatic carbocycles. The number of esters is 2. The van der Waals surface area contributed by atoms with Crippen LogP contribution >= 0.6 is 7.82 Å². The van der Waals surface area contributed by atoms with Crippen LogP contribution in [0.2, 0.25) is 0 Å². The SMILES string of the molecule is CCCCCCC/C=C\C/C=C\CCCCCCCCCCCCCC(=O)OC(COC(=O)CCCCCCCCCCCCCCCCCCC/C=C\CCCCCCCCCC)COP(=O)([O-])OCC[N+](C)(C)C.